The maximum Gasteiger partial charge on any atom is 0.305 e. The molecule has 1 saturated heterocycles. The molecule has 2 rings (SSSR count). The second-order valence-corrected chi connectivity index (χ2v) is 8.15. The van der Waals surface area contributed by atoms with Gasteiger partial charge in [-0.15, -0.1) is 0 Å². The molecule has 0 aliphatic carbocycles. The minimum absolute atomic E-state index is 0.161. The first kappa shape index (κ1) is 13.8. The van der Waals surface area contributed by atoms with Crippen LogP contribution in [0, 0.1) is 18.8 Å². The zero-order valence-electron chi connectivity index (χ0n) is 10.8. The molecule has 1 aromatic heterocycles. The Hall–Kier alpha value is -0.660. The molecule has 0 bridgehead atoms. The molecule has 0 spiro atoms. The highest BCUT2D eigenvalue weighted by atomic mass is 32.2. The first-order valence-electron chi connectivity index (χ1n) is 6.02. The molecule has 0 radical (unpaired) electrons. The van der Waals surface area contributed by atoms with Crippen LogP contribution in [0.1, 0.15) is 26.0 Å². The third-order valence-electron chi connectivity index (χ3n) is 3.65. The van der Waals surface area contributed by atoms with Crippen molar-refractivity contribution in [1.29, 1.82) is 0 Å². The van der Waals surface area contributed by atoms with Crippen molar-refractivity contribution in [3.8, 4) is 0 Å². The molecule has 0 aromatic carbocycles. The van der Waals surface area contributed by atoms with Crippen LogP contribution < -0.4 is 4.87 Å². The number of sulfonamides is 1. The lowest BCUT2D eigenvalue weighted by Crippen LogP contribution is -2.42. The maximum atomic E-state index is 12.5. The van der Waals surface area contributed by atoms with Gasteiger partial charge in [0, 0.05) is 18.8 Å². The SMILES string of the molecule is Cc1[nH]c(=O)sc1S(=O)(=O)N1CCC(C)C(C)C1. The van der Waals surface area contributed by atoms with E-state index in [-0.39, 0.29) is 9.08 Å². The van der Waals surface area contributed by atoms with Crippen molar-refractivity contribution in [1.82, 2.24) is 9.29 Å². The molecule has 2 heterocycles. The van der Waals surface area contributed by atoms with Gasteiger partial charge < -0.3 is 4.98 Å². The van der Waals surface area contributed by atoms with Gasteiger partial charge in [0.1, 0.15) is 0 Å². The average molecular weight is 290 g/mol. The molecule has 2 atom stereocenters. The van der Waals surface area contributed by atoms with E-state index in [9.17, 15) is 13.2 Å². The Morgan fingerprint density at radius 2 is 2.00 bits per heavy atom. The average Bonchev–Trinajstić information content (AvgIpc) is 2.62. The minimum Gasteiger partial charge on any atom is -0.315 e. The van der Waals surface area contributed by atoms with Gasteiger partial charge in [-0.25, -0.2) is 8.42 Å². The summed E-state index contributed by atoms with van der Waals surface area (Å²) >= 11 is 0.776. The van der Waals surface area contributed by atoms with Gasteiger partial charge in [0.15, 0.2) is 4.21 Å². The van der Waals surface area contributed by atoms with Gasteiger partial charge in [0.25, 0.3) is 10.0 Å². The molecule has 0 amide bonds. The van der Waals surface area contributed by atoms with E-state index in [0.29, 0.717) is 30.6 Å². The zero-order valence-corrected chi connectivity index (χ0v) is 12.4. The van der Waals surface area contributed by atoms with Gasteiger partial charge in [-0.1, -0.05) is 25.2 Å². The normalized spacial score (nSPS) is 26.4. The molecular formula is C11H18N2O3S2. The monoisotopic (exact) mass is 290 g/mol. The Kier molecular flexibility index (Phi) is 3.66. The summed E-state index contributed by atoms with van der Waals surface area (Å²) in [7, 11) is -3.51. The van der Waals surface area contributed by atoms with Gasteiger partial charge >= 0.3 is 4.87 Å². The molecule has 1 aliphatic heterocycles. The fraction of sp³-hybridized carbons (Fsp3) is 0.727. The minimum atomic E-state index is -3.51. The smallest absolute Gasteiger partial charge is 0.305 e. The molecule has 5 nitrogen and oxygen atoms in total. The lowest BCUT2D eigenvalue weighted by molar-refractivity contribution is 0.213. The highest BCUT2D eigenvalue weighted by Crippen LogP contribution is 2.28. The number of aryl methyl sites for hydroxylation is 1. The van der Waals surface area contributed by atoms with Crippen molar-refractivity contribution in [2.45, 2.75) is 31.4 Å². The van der Waals surface area contributed by atoms with Crippen molar-refractivity contribution in [3.63, 3.8) is 0 Å². The number of aromatic nitrogens is 1. The molecule has 2 unspecified atom stereocenters. The Morgan fingerprint density at radius 3 is 2.50 bits per heavy atom. The summed E-state index contributed by atoms with van der Waals surface area (Å²) < 4.78 is 26.6. The first-order valence-corrected chi connectivity index (χ1v) is 8.28. The van der Waals surface area contributed by atoms with Crippen LogP contribution in [0.4, 0.5) is 0 Å². The van der Waals surface area contributed by atoms with Gasteiger partial charge in [-0.3, -0.25) is 4.79 Å². The summed E-state index contributed by atoms with van der Waals surface area (Å²) in [6.45, 7) is 6.92. The summed E-state index contributed by atoms with van der Waals surface area (Å²) in [6.07, 6.45) is 0.874. The van der Waals surface area contributed by atoms with Crippen molar-refractivity contribution >= 4 is 21.4 Å². The highest BCUT2D eigenvalue weighted by Gasteiger charge is 2.33. The number of thiazole rings is 1. The summed E-state index contributed by atoms with van der Waals surface area (Å²) in [4.78, 5) is 13.5. The van der Waals surface area contributed by atoms with E-state index in [2.05, 4.69) is 18.8 Å². The summed E-state index contributed by atoms with van der Waals surface area (Å²) in [5, 5.41) is 0. The van der Waals surface area contributed by atoms with Crippen molar-refractivity contribution in [3.05, 3.63) is 15.4 Å². The van der Waals surface area contributed by atoms with Crippen LogP contribution >= 0.6 is 11.3 Å². The molecule has 1 aromatic rings. The van der Waals surface area contributed by atoms with Crippen LogP contribution in [-0.2, 0) is 10.0 Å². The Labute approximate surface area is 111 Å². The number of H-pyrrole nitrogens is 1. The second kappa shape index (κ2) is 4.79. The lowest BCUT2D eigenvalue weighted by atomic mass is 9.90. The third-order valence-corrected chi connectivity index (χ3v) is 7.10. The van der Waals surface area contributed by atoms with E-state index in [4.69, 9.17) is 0 Å². The van der Waals surface area contributed by atoms with Crippen molar-refractivity contribution in [2.24, 2.45) is 11.8 Å². The summed E-state index contributed by atoms with van der Waals surface area (Å²) in [6, 6.07) is 0. The van der Waals surface area contributed by atoms with Gasteiger partial charge in [-0.05, 0) is 25.2 Å². The number of hydrogen-bond acceptors (Lipinski definition) is 4. The van der Waals surface area contributed by atoms with E-state index in [1.165, 1.54) is 4.31 Å². The molecule has 102 valence electrons. The molecule has 1 fully saturated rings. The van der Waals surface area contributed by atoms with E-state index >= 15 is 0 Å². The highest BCUT2D eigenvalue weighted by molar-refractivity contribution is 7.91. The molecular weight excluding hydrogens is 272 g/mol. The number of piperidine rings is 1. The molecule has 18 heavy (non-hydrogen) atoms. The van der Waals surface area contributed by atoms with Crippen LogP contribution in [0.25, 0.3) is 0 Å². The van der Waals surface area contributed by atoms with Crippen molar-refractivity contribution in [2.75, 3.05) is 13.1 Å². The lowest BCUT2D eigenvalue weighted by Gasteiger charge is -2.34. The number of hydrogen-bond donors (Lipinski definition) is 1. The van der Waals surface area contributed by atoms with E-state index in [1.807, 2.05) is 0 Å². The number of nitrogens with one attached hydrogen (secondary N) is 1. The molecule has 7 heteroatoms. The fourth-order valence-electron chi connectivity index (χ4n) is 2.20. The summed E-state index contributed by atoms with van der Waals surface area (Å²) in [5.74, 6) is 0.895. The Balaban J connectivity index is 2.32. The number of nitrogens with zero attached hydrogens (tertiary/aromatic N) is 1. The Bertz CT molecular complexity index is 588. The zero-order chi connectivity index (χ0) is 13.5. The van der Waals surface area contributed by atoms with Crippen LogP contribution in [0.15, 0.2) is 9.00 Å². The molecule has 0 saturated carbocycles. The summed E-state index contributed by atoms with van der Waals surface area (Å²) in [5.41, 5.74) is 0.441. The quantitative estimate of drug-likeness (QED) is 0.895. The van der Waals surface area contributed by atoms with Gasteiger partial charge in [-0.2, -0.15) is 4.31 Å². The molecule has 1 aliphatic rings. The van der Waals surface area contributed by atoms with Gasteiger partial charge in [0.2, 0.25) is 0 Å². The third kappa shape index (κ3) is 2.39. The molecule has 1 N–H and O–H groups in total. The van der Waals surface area contributed by atoms with E-state index in [0.717, 1.165) is 17.8 Å². The fourth-order valence-corrected chi connectivity index (χ4v) is 5.19. The van der Waals surface area contributed by atoms with E-state index in [1.54, 1.807) is 6.92 Å². The largest absolute Gasteiger partial charge is 0.315 e. The standard InChI is InChI=1S/C11H18N2O3S2/c1-7-4-5-13(6-8(7)2)18(15,16)10-9(3)12-11(14)17-10/h7-8H,4-6H2,1-3H3,(H,12,14). The van der Waals surface area contributed by atoms with Crippen LogP contribution in [0.2, 0.25) is 0 Å². The number of rotatable bonds is 2. The topological polar surface area (TPSA) is 70.2 Å². The predicted octanol–water partition coefficient (Wildman–Crippen LogP) is 1.41. The first-order chi connectivity index (χ1) is 8.32. The van der Waals surface area contributed by atoms with Crippen LogP contribution in [0.3, 0.4) is 0 Å². The Morgan fingerprint density at radius 1 is 1.33 bits per heavy atom. The van der Waals surface area contributed by atoms with Crippen LogP contribution in [0.5, 0.6) is 0 Å². The van der Waals surface area contributed by atoms with E-state index < -0.39 is 10.0 Å². The number of aromatic amines is 1. The second-order valence-electron chi connectivity index (χ2n) is 5.03. The predicted molar refractivity (Wildman–Crippen MR) is 71.4 cm³/mol. The van der Waals surface area contributed by atoms with Crippen LogP contribution in [-0.4, -0.2) is 30.8 Å². The van der Waals surface area contributed by atoms with Gasteiger partial charge in [0.05, 0.1) is 0 Å². The van der Waals surface area contributed by atoms with Crippen molar-refractivity contribution < 1.29 is 8.42 Å². The maximum absolute atomic E-state index is 12.5.